The van der Waals surface area contributed by atoms with Gasteiger partial charge in [-0.3, -0.25) is 0 Å². The van der Waals surface area contributed by atoms with Gasteiger partial charge in [-0.15, -0.1) is 0 Å². The molecular formula is C20H19FN2O3. The molecule has 6 heteroatoms. The molecule has 1 fully saturated rings. The summed E-state index contributed by atoms with van der Waals surface area (Å²) in [6.45, 7) is 1.09. The van der Waals surface area contributed by atoms with Gasteiger partial charge in [0.05, 0.1) is 6.07 Å². The summed E-state index contributed by atoms with van der Waals surface area (Å²) in [5.41, 5.74) is 0.912. The van der Waals surface area contributed by atoms with Crippen LogP contribution in [0.2, 0.25) is 0 Å². The SMILES string of the molecule is N#CC1CCN(C(=O)Oc2cccc(OCc3ccccc3)c2F)CC1. The Kier molecular flexibility index (Phi) is 5.69. The number of likely N-dealkylation sites (tertiary alicyclic amines) is 1. The quantitative estimate of drug-likeness (QED) is 0.828. The van der Waals surface area contributed by atoms with Gasteiger partial charge < -0.3 is 14.4 Å². The number of carbonyl (C=O) groups is 1. The van der Waals surface area contributed by atoms with Gasteiger partial charge in [-0.1, -0.05) is 36.4 Å². The first-order valence-corrected chi connectivity index (χ1v) is 8.49. The third kappa shape index (κ3) is 4.31. The van der Waals surface area contributed by atoms with Gasteiger partial charge in [0.15, 0.2) is 11.5 Å². The summed E-state index contributed by atoms with van der Waals surface area (Å²) in [5, 5.41) is 8.90. The maximum Gasteiger partial charge on any atom is 0.415 e. The first-order chi connectivity index (χ1) is 12.7. The molecule has 0 N–H and O–H groups in total. The molecule has 5 nitrogen and oxygen atoms in total. The Morgan fingerprint density at radius 3 is 2.50 bits per heavy atom. The van der Waals surface area contributed by atoms with Gasteiger partial charge in [-0.2, -0.15) is 9.65 Å². The lowest BCUT2D eigenvalue weighted by atomic mass is 9.99. The molecule has 1 aliphatic heterocycles. The summed E-state index contributed by atoms with van der Waals surface area (Å²) in [6.07, 6.45) is 0.600. The van der Waals surface area contributed by atoms with Crippen LogP contribution >= 0.6 is 0 Å². The lowest BCUT2D eigenvalue weighted by Crippen LogP contribution is -2.40. The zero-order chi connectivity index (χ0) is 18.4. The molecule has 1 amide bonds. The predicted molar refractivity (Wildman–Crippen MR) is 93.1 cm³/mol. The molecule has 0 atom stereocenters. The predicted octanol–water partition coefficient (Wildman–Crippen LogP) is 4.14. The largest absolute Gasteiger partial charge is 0.486 e. The highest BCUT2D eigenvalue weighted by molar-refractivity contribution is 5.71. The molecule has 26 heavy (non-hydrogen) atoms. The zero-order valence-corrected chi connectivity index (χ0v) is 14.2. The highest BCUT2D eigenvalue weighted by atomic mass is 19.1. The molecule has 0 aromatic heterocycles. The van der Waals surface area contributed by atoms with E-state index in [0.717, 1.165) is 5.56 Å². The minimum Gasteiger partial charge on any atom is -0.486 e. The first-order valence-electron chi connectivity index (χ1n) is 8.49. The number of nitriles is 1. The van der Waals surface area contributed by atoms with Crippen LogP contribution in [-0.2, 0) is 6.61 Å². The number of halogens is 1. The molecule has 1 saturated heterocycles. The average molecular weight is 354 g/mol. The molecule has 2 aromatic rings. The molecule has 0 aliphatic carbocycles. The smallest absolute Gasteiger partial charge is 0.415 e. The summed E-state index contributed by atoms with van der Waals surface area (Å²) in [7, 11) is 0. The topological polar surface area (TPSA) is 62.6 Å². The molecule has 0 unspecified atom stereocenters. The lowest BCUT2D eigenvalue weighted by Gasteiger charge is -2.28. The van der Waals surface area contributed by atoms with E-state index >= 15 is 0 Å². The van der Waals surface area contributed by atoms with Crippen LogP contribution in [-0.4, -0.2) is 24.1 Å². The van der Waals surface area contributed by atoms with E-state index in [-0.39, 0.29) is 24.0 Å². The second kappa shape index (κ2) is 8.34. The van der Waals surface area contributed by atoms with Crippen LogP contribution in [0.5, 0.6) is 11.5 Å². The normalized spacial score (nSPS) is 14.5. The fourth-order valence-corrected chi connectivity index (χ4v) is 2.77. The van der Waals surface area contributed by atoms with Crippen LogP contribution < -0.4 is 9.47 Å². The number of carbonyl (C=O) groups excluding carboxylic acids is 1. The van der Waals surface area contributed by atoms with E-state index in [1.54, 1.807) is 6.07 Å². The molecule has 1 heterocycles. The molecule has 3 rings (SSSR count). The van der Waals surface area contributed by atoms with Crippen LogP contribution in [0, 0.1) is 23.1 Å². The number of hydrogen-bond acceptors (Lipinski definition) is 4. The van der Waals surface area contributed by atoms with Gasteiger partial charge in [0.1, 0.15) is 6.61 Å². The lowest BCUT2D eigenvalue weighted by molar-refractivity contribution is 0.135. The van der Waals surface area contributed by atoms with Gasteiger partial charge in [-0.05, 0) is 30.5 Å². The highest BCUT2D eigenvalue weighted by Gasteiger charge is 2.25. The maximum absolute atomic E-state index is 14.6. The van der Waals surface area contributed by atoms with Crippen molar-refractivity contribution in [3.05, 3.63) is 59.9 Å². The number of ether oxygens (including phenoxy) is 2. The Labute approximate surface area is 151 Å². The van der Waals surface area contributed by atoms with Crippen molar-refractivity contribution in [3.8, 4) is 17.6 Å². The molecule has 0 radical (unpaired) electrons. The van der Waals surface area contributed by atoms with E-state index in [0.29, 0.717) is 25.9 Å². The average Bonchev–Trinajstić information content (AvgIpc) is 2.69. The number of nitrogens with zero attached hydrogens (tertiary/aromatic N) is 2. The second-order valence-corrected chi connectivity index (χ2v) is 6.10. The molecule has 2 aromatic carbocycles. The molecular weight excluding hydrogens is 335 g/mol. The summed E-state index contributed by atoms with van der Waals surface area (Å²) >= 11 is 0. The number of amides is 1. The van der Waals surface area contributed by atoms with Gasteiger partial charge in [0.25, 0.3) is 0 Å². The number of rotatable bonds is 4. The van der Waals surface area contributed by atoms with Crippen LogP contribution in [0.25, 0.3) is 0 Å². The monoisotopic (exact) mass is 354 g/mol. The molecule has 0 saturated carbocycles. The van der Waals surface area contributed by atoms with Crippen molar-refractivity contribution in [2.75, 3.05) is 13.1 Å². The minimum absolute atomic E-state index is 0.0299. The van der Waals surface area contributed by atoms with E-state index in [1.165, 1.54) is 17.0 Å². The fourth-order valence-electron chi connectivity index (χ4n) is 2.77. The van der Waals surface area contributed by atoms with E-state index < -0.39 is 11.9 Å². The summed E-state index contributed by atoms with van der Waals surface area (Å²) in [5.74, 6) is -0.875. The van der Waals surface area contributed by atoms with Crippen molar-refractivity contribution in [3.63, 3.8) is 0 Å². The standard InChI is InChI=1S/C20H19FN2O3/c21-19-17(25-14-16-5-2-1-3-6-16)7-4-8-18(19)26-20(24)23-11-9-15(13-22)10-12-23/h1-8,15H,9-12,14H2. The number of piperidine rings is 1. The van der Waals surface area contributed by atoms with Crippen molar-refractivity contribution in [2.24, 2.45) is 5.92 Å². The fraction of sp³-hybridized carbons (Fsp3) is 0.300. The van der Waals surface area contributed by atoms with E-state index in [9.17, 15) is 9.18 Å². The highest BCUT2D eigenvalue weighted by Crippen LogP contribution is 2.28. The van der Waals surface area contributed by atoms with Crippen molar-refractivity contribution >= 4 is 6.09 Å². The Balaban J connectivity index is 1.62. The van der Waals surface area contributed by atoms with Crippen molar-refractivity contribution in [2.45, 2.75) is 19.4 Å². The third-order valence-corrected chi connectivity index (χ3v) is 4.30. The van der Waals surface area contributed by atoms with Crippen LogP contribution in [0.3, 0.4) is 0 Å². The van der Waals surface area contributed by atoms with Crippen molar-refractivity contribution in [1.82, 2.24) is 4.90 Å². The molecule has 0 spiro atoms. The summed E-state index contributed by atoms with van der Waals surface area (Å²) in [4.78, 5) is 13.7. The van der Waals surface area contributed by atoms with E-state index in [2.05, 4.69) is 6.07 Å². The Morgan fingerprint density at radius 2 is 1.81 bits per heavy atom. The number of hydrogen-bond donors (Lipinski definition) is 0. The Morgan fingerprint density at radius 1 is 1.12 bits per heavy atom. The van der Waals surface area contributed by atoms with Gasteiger partial charge in [-0.25, -0.2) is 4.79 Å². The van der Waals surface area contributed by atoms with E-state index in [1.807, 2.05) is 30.3 Å². The maximum atomic E-state index is 14.6. The van der Waals surface area contributed by atoms with Gasteiger partial charge in [0.2, 0.25) is 5.82 Å². The zero-order valence-electron chi connectivity index (χ0n) is 14.2. The minimum atomic E-state index is -0.705. The Bertz CT molecular complexity index is 796. The van der Waals surface area contributed by atoms with Crippen molar-refractivity contribution < 1.29 is 18.7 Å². The van der Waals surface area contributed by atoms with Gasteiger partial charge in [0, 0.05) is 19.0 Å². The van der Waals surface area contributed by atoms with Gasteiger partial charge >= 0.3 is 6.09 Å². The number of benzene rings is 2. The van der Waals surface area contributed by atoms with Crippen LogP contribution in [0.1, 0.15) is 18.4 Å². The molecule has 134 valence electrons. The Hall–Kier alpha value is -3.07. The first kappa shape index (κ1) is 17.7. The second-order valence-electron chi connectivity index (χ2n) is 6.10. The van der Waals surface area contributed by atoms with Crippen LogP contribution in [0.4, 0.5) is 9.18 Å². The van der Waals surface area contributed by atoms with Crippen LogP contribution in [0.15, 0.2) is 48.5 Å². The summed E-state index contributed by atoms with van der Waals surface area (Å²) in [6, 6.07) is 16.1. The third-order valence-electron chi connectivity index (χ3n) is 4.30. The molecule has 1 aliphatic rings. The summed E-state index contributed by atoms with van der Waals surface area (Å²) < 4.78 is 25.3. The van der Waals surface area contributed by atoms with E-state index in [4.69, 9.17) is 14.7 Å². The molecule has 0 bridgehead atoms. The van der Waals surface area contributed by atoms with Crippen molar-refractivity contribution in [1.29, 1.82) is 5.26 Å².